The summed E-state index contributed by atoms with van der Waals surface area (Å²) in [5.74, 6) is -0.259. The molecule has 1 aliphatic rings. The molecule has 1 aliphatic heterocycles. The second-order valence-corrected chi connectivity index (χ2v) is 7.15. The molecule has 1 aromatic heterocycles. The molecule has 0 saturated carbocycles. The molecule has 2 aromatic carbocycles. The highest BCUT2D eigenvalue weighted by Gasteiger charge is 2.23. The van der Waals surface area contributed by atoms with Crippen molar-refractivity contribution in [2.45, 2.75) is 25.3 Å². The Bertz CT molecular complexity index is 1000. The van der Waals surface area contributed by atoms with E-state index in [1.54, 1.807) is 0 Å². The summed E-state index contributed by atoms with van der Waals surface area (Å²) in [6.07, 6.45) is 2.54. The van der Waals surface area contributed by atoms with Crippen LogP contribution in [0.25, 0.3) is 11.0 Å². The zero-order valence-corrected chi connectivity index (χ0v) is 16.1. The molecule has 2 heterocycles. The van der Waals surface area contributed by atoms with Crippen molar-refractivity contribution in [1.29, 1.82) is 0 Å². The SMILES string of the molecule is Cn1c(N=Nc2ccc(N3CCCCC3C(=O)[O-])cc2)[n+](C)c2ccccc21. The predicted molar refractivity (Wildman–Crippen MR) is 105 cm³/mol. The molecule has 28 heavy (non-hydrogen) atoms. The molecule has 3 aromatic rings. The third kappa shape index (κ3) is 3.24. The zero-order valence-electron chi connectivity index (χ0n) is 16.1. The number of anilines is 1. The van der Waals surface area contributed by atoms with Gasteiger partial charge in [-0.1, -0.05) is 17.2 Å². The lowest BCUT2D eigenvalue weighted by molar-refractivity contribution is -0.632. The number of rotatable bonds is 4. The lowest BCUT2D eigenvalue weighted by Gasteiger charge is -2.38. The van der Waals surface area contributed by atoms with Crippen LogP contribution in [0.1, 0.15) is 19.3 Å². The molecule has 144 valence electrons. The summed E-state index contributed by atoms with van der Waals surface area (Å²) in [5.41, 5.74) is 3.78. The van der Waals surface area contributed by atoms with Gasteiger partial charge in [0.2, 0.25) is 0 Å². The van der Waals surface area contributed by atoms with E-state index in [4.69, 9.17) is 0 Å². The van der Waals surface area contributed by atoms with Gasteiger partial charge in [-0.05, 0) is 55.7 Å². The number of piperidine rings is 1. The average Bonchev–Trinajstić information content (AvgIpc) is 2.97. The van der Waals surface area contributed by atoms with E-state index >= 15 is 0 Å². The standard InChI is InChI=1S/C21H23N5O2/c1-24-17-7-3-4-8-18(17)25(2)21(24)23-22-15-10-12-16(13-11-15)26-14-6-5-9-19(26)20(27)28/h3-4,7-8,10-13,19H,5-6,9,14H2,1-2H3. The molecule has 1 saturated heterocycles. The quantitative estimate of drug-likeness (QED) is 0.518. The Morgan fingerprint density at radius 2 is 1.86 bits per heavy atom. The van der Waals surface area contributed by atoms with Crippen LogP contribution in [0.2, 0.25) is 0 Å². The minimum absolute atomic E-state index is 0.559. The van der Waals surface area contributed by atoms with Gasteiger partial charge >= 0.3 is 5.95 Å². The van der Waals surface area contributed by atoms with E-state index in [9.17, 15) is 9.90 Å². The fourth-order valence-corrected chi connectivity index (χ4v) is 3.90. The molecule has 4 rings (SSSR count). The number of carbonyl (C=O) groups is 1. The van der Waals surface area contributed by atoms with Crippen LogP contribution >= 0.6 is 0 Å². The van der Waals surface area contributed by atoms with Gasteiger partial charge in [0.15, 0.2) is 0 Å². The first-order valence-electron chi connectivity index (χ1n) is 9.49. The van der Waals surface area contributed by atoms with Crippen molar-refractivity contribution in [3.05, 3.63) is 48.5 Å². The number of benzene rings is 2. The topological polar surface area (TPSA) is 76.9 Å². The van der Waals surface area contributed by atoms with E-state index in [0.29, 0.717) is 6.42 Å². The van der Waals surface area contributed by atoms with Crippen molar-refractivity contribution >= 4 is 34.3 Å². The Morgan fingerprint density at radius 3 is 2.57 bits per heavy atom. The van der Waals surface area contributed by atoms with Gasteiger partial charge in [0.05, 0.1) is 26.1 Å². The molecule has 0 amide bonds. The van der Waals surface area contributed by atoms with Crippen LogP contribution in [0, 0.1) is 0 Å². The minimum Gasteiger partial charge on any atom is -0.548 e. The maximum atomic E-state index is 11.4. The summed E-state index contributed by atoms with van der Waals surface area (Å²) in [5, 5.41) is 20.2. The highest BCUT2D eigenvalue weighted by Crippen LogP contribution is 2.27. The molecule has 1 unspecified atom stereocenters. The van der Waals surface area contributed by atoms with Gasteiger partial charge in [0.1, 0.15) is 16.7 Å². The van der Waals surface area contributed by atoms with Crippen LogP contribution in [-0.2, 0) is 18.9 Å². The highest BCUT2D eigenvalue weighted by molar-refractivity contribution is 5.77. The van der Waals surface area contributed by atoms with Crippen LogP contribution in [0.15, 0.2) is 58.8 Å². The van der Waals surface area contributed by atoms with Gasteiger partial charge in [-0.15, -0.1) is 0 Å². The third-order valence-corrected chi connectivity index (χ3v) is 5.42. The summed E-state index contributed by atoms with van der Waals surface area (Å²) < 4.78 is 4.01. The zero-order chi connectivity index (χ0) is 19.7. The van der Waals surface area contributed by atoms with E-state index in [-0.39, 0.29) is 0 Å². The first kappa shape index (κ1) is 18.2. The van der Waals surface area contributed by atoms with Crippen LogP contribution in [-0.4, -0.2) is 23.1 Å². The summed E-state index contributed by atoms with van der Waals surface area (Å²) in [7, 11) is 3.94. The summed E-state index contributed by atoms with van der Waals surface area (Å²) in [6.45, 7) is 0.727. The maximum Gasteiger partial charge on any atom is 0.422 e. The first-order chi connectivity index (χ1) is 13.6. The maximum absolute atomic E-state index is 11.4. The first-order valence-corrected chi connectivity index (χ1v) is 9.49. The monoisotopic (exact) mass is 377 g/mol. The molecular formula is C21H23N5O2. The van der Waals surface area contributed by atoms with Crippen LogP contribution in [0.5, 0.6) is 0 Å². The fraction of sp³-hybridized carbons (Fsp3) is 0.333. The number of hydrogen-bond acceptors (Lipinski definition) is 5. The smallest absolute Gasteiger partial charge is 0.422 e. The normalized spacial score (nSPS) is 17.5. The van der Waals surface area contributed by atoms with E-state index in [2.05, 4.69) is 22.4 Å². The van der Waals surface area contributed by atoms with Crippen molar-refractivity contribution in [2.75, 3.05) is 11.4 Å². The molecule has 0 radical (unpaired) electrons. The number of nitrogens with zero attached hydrogens (tertiary/aromatic N) is 5. The summed E-state index contributed by atoms with van der Waals surface area (Å²) >= 11 is 0. The Morgan fingerprint density at radius 1 is 1.11 bits per heavy atom. The van der Waals surface area contributed by atoms with Crippen molar-refractivity contribution < 1.29 is 14.5 Å². The van der Waals surface area contributed by atoms with E-state index in [1.165, 1.54) is 0 Å². The number of aliphatic carboxylic acids is 1. The van der Waals surface area contributed by atoms with Gasteiger partial charge in [-0.2, -0.15) is 0 Å². The predicted octanol–water partition coefficient (Wildman–Crippen LogP) is 2.53. The molecule has 1 fully saturated rings. The van der Waals surface area contributed by atoms with Crippen molar-refractivity contribution in [1.82, 2.24) is 4.57 Å². The Kier molecular flexibility index (Phi) is 4.81. The Labute approximate surface area is 163 Å². The lowest BCUT2D eigenvalue weighted by atomic mass is 10.0. The largest absolute Gasteiger partial charge is 0.548 e. The number of aromatic nitrogens is 2. The van der Waals surface area contributed by atoms with Gasteiger partial charge in [-0.3, -0.25) is 0 Å². The average molecular weight is 377 g/mol. The lowest BCUT2D eigenvalue weighted by Crippen LogP contribution is -2.50. The van der Waals surface area contributed by atoms with Gasteiger partial charge in [-0.25, -0.2) is 9.13 Å². The van der Waals surface area contributed by atoms with Gasteiger partial charge in [0, 0.05) is 17.3 Å². The molecule has 0 spiro atoms. The number of aryl methyl sites for hydroxylation is 2. The van der Waals surface area contributed by atoms with E-state index in [1.807, 2.05) is 64.5 Å². The van der Waals surface area contributed by atoms with Crippen LogP contribution in [0.3, 0.4) is 0 Å². The Hall–Kier alpha value is -3.22. The number of imidazole rings is 1. The van der Waals surface area contributed by atoms with Crippen LogP contribution in [0.4, 0.5) is 17.3 Å². The molecule has 0 bridgehead atoms. The molecule has 0 N–H and O–H groups in total. The van der Waals surface area contributed by atoms with Crippen molar-refractivity contribution in [3.8, 4) is 0 Å². The van der Waals surface area contributed by atoms with Gasteiger partial charge in [0.25, 0.3) is 0 Å². The highest BCUT2D eigenvalue weighted by atomic mass is 16.4. The molecular weight excluding hydrogens is 354 g/mol. The summed E-state index contributed by atoms with van der Waals surface area (Å²) in [4.78, 5) is 13.3. The van der Waals surface area contributed by atoms with Crippen molar-refractivity contribution in [2.24, 2.45) is 24.3 Å². The number of para-hydroxylation sites is 2. The minimum atomic E-state index is -1.01. The third-order valence-electron chi connectivity index (χ3n) is 5.42. The molecule has 7 heteroatoms. The number of carboxylic acid groups (broad SMARTS) is 1. The summed E-state index contributed by atoms with van der Waals surface area (Å²) in [6, 6.07) is 15.1. The van der Waals surface area contributed by atoms with Crippen molar-refractivity contribution in [3.63, 3.8) is 0 Å². The van der Waals surface area contributed by atoms with E-state index in [0.717, 1.165) is 47.7 Å². The molecule has 7 nitrogen and oxygen atoms in total. The fourth-order valence-electron chi connectivity index (χ4n) is 3.90. The number of fused-ring (bicyclic) bond motifs is 1. The molecule has 1 atom stereocenters. The second kappa shape index (κ2) is 7.42. The Balaban J connectivity index is 1.58. The number of carbonyl (C=O) groups excluding carboxylic acids is 1. The number of carboxylic acids is 1. The number of hydrogen-bond donors (Lipinski definition) is 0. The number of azo groups is 1. The van der Waals surface area contributed by atoms with Crippen LogP contribution < -0.4 is 14.6 Å². The van der Waals surface area contributed by atoms with E-state index < -0.39 is 12.0 Å². The second-order valence-electron chi connectivity index (χ2n) is 7.15. The van der Waals surface area contributed by atoms with Gasteiger partial charge < -0.3 is 14.8 Å². The molecule has 0 aliphatic carbocycles.